The van der Waals surface area contributed by atoms with Crippen molar-refractivity contribution in [1.82, 2.24) is 5.32 Å². The number of rotatable bonds is 10. The van der Waals surface area contributed by atoms with Gasteiger partial charge in [0, 0.05) is 6.54 Å². The minimum atomic E-state index is -1.08. The molecule has 2 unspecified atom stereocenters. The lowest BCUT2D eigenvalue weighted by atomic mass is 9.78. The zero-order valence-corrected chi connectivity index (χ0v) is 15.0. The highest BCUT2D eigenvalue weighted by molar-refractivity contribution is 8.00. The van der Waals surface area contributed by atoms with Crippen LogP contribution in [0.5, 0.6) is 0 Å². The second kappa shape index (κ2) is 9.60. The molecule has 23 heavy (non-hydrogen) atoms. The third-order valence-corrected chi connectivity index (χ3v) is 5.38. The van der Waals surface area contributed by atoms with Crippen molar-refractivity contribution in [2.75, 3.05) is 12.3 Å². The Kier molecular flexibility index (Phi) is 8.17. The molecule has 1 aromatic carbocycles. The molecule has 2 atom stereocenters. The first-order chi connectivity index (χ1) is 11.0. The number of nitrogens with one attached hydrogen (secondary N) is 1. The Balaban J connectivity index is 2.76. The summed E-state index contributed by atoms with van der Waals surface area (Å²) in [6.07, 6.45) is 2.61. The number of carbonyl (C=O) groups excluding carboxylic acids is 1. The third kappa shape index (κ3) is 5.27. The van der Waals surface area contributed by atoms with E-state index in [9.17, 15) is 14.7 Å². The maximum Gasteiger partial charge on any atom is 0.315 e. The number of thioether (sulfide) groups is 1. The molecule has 128 valence electrons. The van der Waals surface area contributed by atoms with E-state index in [4.69, 9.17) is 0 Å². The fourth-order valence-corrected chi connectivity index (χ4v) is 3.44. The van der Waals surface area contributed by atoms with E-state index >= 15 is 0 Å². The second-order valence-electron chi connectivity index (χ2n) is 5.69. The molecule has 0 fully saturated rings. The van der Waals surface area contributed by atoms with Crippen LogP contribution in [0.4, 0.5) is 0 Å². The molecule has 0 aliphatic heterocycles. The van der Waals surface area contributed by atoms with Crippen molar-refractivity contribution < 1.29 is 14.7 Å². The largest absolute Gasteiger partial charge is 0.481 e. The molecule has 0 aliphatic carbocycles. The molecule has 2 N–H and O–H groups in total. The summed E-state index contributed by atoms with van der Waals surface area (Å²) in [4.78, 5) is 24.1. The summed E-state index contributed by atoms with van der Waals surface area (Å²) >= 11 is 1.61. The number of hydrogen-bond donors (Lipinski definition) is 2. The van der Waals surface area contributed by atoms with Gasteiger partial charge in [0.15, 0.2) is 0 Å². The number of hydrogen-bond acceptors (Lipinski definition) is 3. The Bertz CT molecular complexity index is 506. The van der Waals surface area contributed by atoms with Crippen molar-refractivity contribution in [3.8, 4) is 0 Å². The monoisotopic (exact) mass is 337 g/mol. The van der Waals surface area contributed by atoms with E-state index in [1.165, 1.54) is 0 Å². The van der Waals surface area contributed by atoms with E-state index < -0.39 is 11.4 Å². The summed E-state index contributed by atoms with van der Waals surface area (Å²) in [7, 11) is 0. The number of unbranched alkanes of at least 4 members (excludes halogenated alkanes) is 1. The van der Waals surface area contributed by atoms with Crippen molar-refractivity contribution in [1.29, 1.82) is 0 Å². The van der Waals surface area contributed by atoms with E-state index in [0.29, 0.717) is 6.42 Å². The standard InChI is InChI=1S/C18H27NO3S/c1-4-6-12-23-14(3)16(20)19-13-18(5-2,17(21)22)15-10-8-7-9-11-15/h7-11,14H,4-6,12-13H2,1-3H3,(H,19,20)(H,21,22). The van der Waals surface area contributed by atoms with Gasteiger partial charge in [0.25, 0.3) is 0 Å². The van der Waals surface area contributed by atoms with Crippen LogP contribution in [0, 0.1) is 0 Å². The lowest BCUT2D eigenvalue weighted by Gasteiger charge is -2.29. The molecule has 0 aliphatic rings. The minimum Gasteiger partial charge on any atom is -0.481 e. The van der Waals surface area contributed by atoms with Crippen LogP contribution < -0.4 is 5.32 Å². The molecule has 5 heteroatoms. The average Bonchev–Trinajstić information content (AvgIpc) is 2.56. The van der Waals surface area contributed by atoms with Crippen molar-refractivity contribution >= 4 is 23.6 Å². The van der Waals surface area contributed by atoms with Crippen LogP contribution in [0.3, 0.4) is 0 Å². The summed E-state index contributed by atoms with van der Waals surface area (Å²) in [6, 6.07) is 9.13. The molecule has 1 aromatic rings. The van der Waals surface area contributed by atoms with E-state index in [-0.39, 0.29) is 17.7 Å². The zero-order chi connectivity index (χ0) is 17.3. The highest BCUT2D eigenvalue weighted by Crippen LogP contribution is 2.28. The molecule has 0 aromatic heterocycles. The normalized spacial score (nSPS) is 14.7. The molecular formula is C18H27NO3S. The number of carbonyl (C=O) groups is 2. The topological polar surface area (TPSA) is 66.4 Å². The van der Waals surface area contributed by atoms with Crippen LogP contribution in [0.25, 0.3) is 0 Å². The summed E-state index contributed by atoms with van der Waals surface area (Å²) < 4.78 is 0. The highest BCUT2D eigenvalue weighted by Gasteiger charge is 2.39. The van der Waals surface area contributed by atoms with Crippen molar-refractivity contribution in [2.45, 2.75) is 50.7 Å². The maximum atomic E-state index is 12.2. The van der Waals surface area contributed by atoms with Gasteiger partial charge in [-0.3, -0.25) is 9.59 Å². The smallest absolute Gasteiger partial charge is 0.315 e. The Hall–Kier alpha value is -1.49. The maximum absolute atomic E-state index is 12.2. The summed E-state index contributed by atoms with van der Waals surface area (Å²) in [5, 5.41) is 12.4. The third-order valence-electron chi connectivity index (χ3n) is 4.14. The Morgan fingerprint density at radius 2 is 1.91 bits per heavy atom. The van der Waals surface area contributed by atoms with Gasteiger partial charge in [0.1, 0.15) is 5.41 Å². The first-order valence-corrected chi connectivity index (χ1v) is 9.21. The first kappa shape index (κ1) is 19.6. The van der Waals surface area contributed by atoms with Crippen LogP contribution >= 0.6 is 11.8 Å². The lowest BCUT2D eigenvalue weighted by molar-refractivity contribution is -0.144. The molecule has 0 heterocycles. The van der Waals surface area contributed by atoms with Gasteiger partial charge in [-0.2, -0.15) is 0 Å². The van der Waals surface area contributed by atoms with Crippen LogP contribution in [0.15, 0.2) is 30.3 Å². The summed E-state index contributed by atoms with van der Waals surface area (Å²) in [5.74, 6) is -0.0550. The van der Waals surface area contributed by atoms with Gasteiger partial charge in [0.2, 0.25) is 5.91 Å². The Labute approximate surface area is 143 Å². The van der Waals surface area contributed by atoms with Gasteiger partial charge in [-0.05, 0) is 31.1 Å². The van der Waals surface area contributed by atoms with Crippen LogP contribution in [0.1, 0.15) is 45.6 Å². The quantitative estimate of drug-likeness (QED) is 0.642. The Morgan fingerprint density at radius 3 is 2.43 bits per heavy atom. The number of carboxylic acid groups (broad SMARTS) is 1. The predicted molar refractivity (Wildman–Crippen MR) is 95.9 cm³/mol. The van der Waals surface area contributed by atoms with Gasteiger partial charge < -0.3 is 10.4 Å². The lowest BCUT2D eigenvalue weighted by Crippen LogP contribution is -2.47. The molecule has 0 saturated carbocycles. The number of carboxylic acids is 1. The first-order valence-electron chi connectivity index (χ1n) is 8.16. The molecular weight excluding hydrogens is 310 g/mol. The second-order valence-corrected chi connectivity index (χ2v) is 7.14. The van der Waals surface area contributed by atoms with E-state index in [2.05, 4.69) is 12.2 Å². The number of aliphatic carboxylic acids is 1. The summed E-state index contributed by atoms with van der Waals surface area (Å²) in [6.45, 7) is 5.94. The van der Waals surface area contributed by atoms with Crippen molar-refractivity contribution in [3.05, 3.63) is 35.9 Å². The zero-order valence-electron chi connectivity index (χ0n) is 14.2. The average molecular weight is 337 g/mol. The SMILES string of the molecule is CCCCSC(C)C(=O)NCC(CC)(C(=O)O)c1ccccc1. The minimum absolute atomic E-state index is 0.0962. The van der Waals surface area contributed by atoms with E-state index in [0.717, 1.165) is 24.2 Å². The van der Waals surface area contributed by atoms with Gasteiger partial charge in [-0.1, -0.05) is 50.6 Å². The highest BCUT2D eigenvalue weighted by atomic mass is 32.2. The van der Waals surface area contributed by atoms with Crippen LogP contribution in [0.2, 0.25) is 0 Å². The molecule has 0 saturated heterocycles. The van der Waals surface area contributed by atoms with E-state index in [1.807, 2.05) is 44.2 Å². The summed E-state index contributed by atoms with van der Waals surface area (Å²) in [5.41, 5.74) is -0.355. The fourth-order valence-electron chi connectivity index (χ4n) is 2.40. The van der Waals surface area contributed by atoms with Crippen LogP contribution in [-0.2, 0) is 15.0 Å². The van der Waals surface area contributed by atoms with Gasteiger partial charge >= 0.3 is 5.97 Å². The van der Waals surface area contributed by atoms with Crippen LogP contribution in [-0.4, -0.2) is 34.5 Å². The molecule has 1 amide bonds. The molecule has 1 rings (SSSR count). The van der Waals surface area contributed by atoms with Gasteiger partial charge in [0.05, 0.1) is 5.25 Å². The fraction of sp³-hybridized carbons (Fsp3) is 0.556. The van der Waals surface area contributed by atoms with Crippen molar-refractivity contribution in [2.24, 2.45) is 0 Å². The Morgan fingerprint density at radius 1 is 1.26 bits per heavy atom. The van der Waals surface area contributed by atoms with E-state index in [1.54, 1.807) is 11.8 Å². The molecule has 4 nitrogen and oxygen atoms in total. The molecule has 0 bridgehead atoms. The number of benzene rings is 1. The number of amides is 1. The van der Waals surface area contributed by atoms with Gasteiger partial charge in [-0.15, -0.1) is 11.8 Å². The van der Waals surface area contributed by atoms with Crippen molar-refractivity contribution in [3.63, 3.8) is 0 Å². The van der Waals surface area contributed by atoms with Gasteiger partial charge in [-0.25, -0.2) is 0 Å². The molecule has 0 spiro atoms. The predicted octanol–water partition coefficient (Wildman–Crippen LogP) is 3.46. The molecule has 0 radical (unpaired) electrons.